The molecule has 16 heavy (non-hydrogen) atoms. The Bertz CT molecular complexity index is 321. The Hall–Kier alpha value is -0.820. The van der Waals surface area contributed by atoms with Gasteiger partial charge in [-0.25, -0.2) is 0 Å². The van der Waals surface area contributed by atoms with Crippen molar-refractivity contribution < 1.29 is 5.11 Å². The van der Waals surface area contributed by atoms with Crippen molar-refractivity contribution in [3.05, 3.63) is 35.9 Å². The lowest BCUT2D eigenvalue weighted by Gasteiger charge is -2.42. The van der Waals surface area contributed by atoms with Crippen molar-refractivity contribution in [2.45, 2.75) is 46.6 Å². The van der Waals surface area contributed by atoms with E-state index in [0.717, 1.165) is 12.0 Å². The van der Waals surface area contributed by atoms with E-state index in [9.17, 15) is 5.11 Å². The minimum absolute atomic E-state index is 0.154. The first kappa shape index (κ1) is 13.2. The molecule has 0 aliphatic rings. The first-order valence-corrected chi connectivity index (χ1v) is 6.05. The lowest BCUT2D eigenvalue weighted by Crippen LogP contribution is -2.41. The fourth-order valence-corrected chi connectivity index (χ4v) is 2.16. The van der Waals surface area contributed by atoms with Crippen LogP contribution in [0.3, 0.4) is 0 Å². The maximum atomic E-state index is 11.0. The maximum Gasteiger partial charge on any atom is 0.0946 e. The number of rotatable bonds is 3. The Morgan fingerprint density at radius 3 is 1.94 bits per heavy atom. The van der Waals surface area contributed by atoms with Crippen LogP contribution >= 0.6 is 0 Å². The van der Waals surface area contributed by atoms with Crippen molar-refractivity contribution in [2.75, 3.05) is 0 Å². The normalized spacial score (nSPS) is 16.2. The second-order valence-corrected chi connectivity index (χ2v) is 6.07. The molecule has 1 N–H and O–H groups in total. The van der Waals surface area contributed by atoms with Gasteiger partial charge in [0.1, 0.15) is 0 Å². The van der Waals surface area contributed by atoms with Gasteiger partial charge in [0.2, 0.25) is 0 Å². The van der Waals surface area contributed by atoms with Crippen LogP contribution < -0.4 is 0 Å². The minimum atomic E-state index is -0.748. The second kappa shape index (κ2) is 4.58. The molecule has 0 bridgehead atoms. The van der Waals surface area contributed by atoms with Crippen LogP contribution in [-0.4, -0.2) is 5.11 Å². The van der Waals surface area contributed by atoms with Crippen molar-refractivity contribution in [1.29, 1.82) is 0 Å². The monoisotopic (exact) mass is 220 g/mol. The summed E-state index contributed by atoms with van der Waals surface area (Å²) in [4.78, 5) is 0. The number of aliphatic hydroxyl groups is 1. The highest BCUT2D eigenvalue weighted by molar-refractivity contribution is 5.24. The van der Waals surface area contributed by atoms with Crippen molar-refractivity contribution in [1.82, 2.24) is 0 Å². The predicted molar refractivity (Wildman–Crippen MR) is 69.2 cm³/mol. The molecule has 0 saturated carbocycles. The van der Waals surface area contributed by atoms with E-state index in [1.54, 1.807) is 0 Å². The highest BCUT2D eigenvalue weighted by atomic mass is 16.3. The average Bonchev–Trinajstić information content (AvgIpc) is 2.16. The van der Waals surface area contributed by atoms with Gasteiger partial charge in [0.15, 0.2) is 0 Å². The SMILES string of the molecule is CC(C)CC(O)(c1ccccc1)C(C)(C)C. The molecule has 1 rings (SSSR count). The summed E-state index contributed by atoms with van der Waals surface area (Å²) in [5.41, 5.74) is 0.123. The van der Waals surface area contributed by atoms with Crippen LogP contribution in [0.15, 0.2) is 30.3 Å². The number of hydrogen-bond acceptors (Lipinski definition) is 1. The van der Waals surface area contributed by atoms with Crippen LogP contribution in [0.25, 0.3) is 0 Å². The van der Waals surface area contributed by atoms with E-state index in [2.05, 4.69) is 34.6 Å². The van der Waals surface area contributed by atoms with E-state index in [1.807, 2.05) is 30.3 Å². The highest BCUT2D eigenvalue weighted by Crippen LogP contribution is 2.43. The fourth-order valence-electron chi connectivity index (χ4n) is 2.16. The van der Waals surface area contributed by atoms with Crippen LogP contribution in [0.1, 0.15) is 46.6 Å². The van der Waals surface area contributed by atoms with Gasteiger partial charge in [0.25, 0.3) is 0 Å². The zero-order chi connectivity index (χ0) is 12.4. The third kappa shape index (κ3) is 2.65. The molecule has 0 radical (unpaired) electrons. The lowest BCUT2D eigenvalue weighted by atomic mass is 9.68. The topological polar surface area (TPSA) is 20.2 Å². The lowest BCUT2D eigenvalue weighted by molar-refractivity contribution is -0.0798. The second-order valence-electron chi connectivity index (χ2n) is 6.07. The molecule has 0 aliphatic carbocycles. The van der Waals surface area contributed by atoms with Gasteiger partial charge in [-0.15, -0.1) is 0 Å². The van der Waals surface area contributed by atoms with Gasteiger partial charge < -0.3 is 5.11 Å². The summed E-state index contributed by atoms with van der Waals surface area (Å²) in [5, 5.41) is 11.0. The standard InChI is InChI=1S/C15H24O/c1-12(2)11-15(16,14(3,4)5)13-9-7-6-8-10-13/h6-10,12,16H,11H2,1-5H3. The molecule has 1 unspecified atom stereocenters. The fraction of sp³-hybridized carbons (Fsp3) is 0.600. The minimum Gasteiger partial charge on any atom is -0.385 e. The quantitative estimate of drug-likeness (QED) is 0.817. The molecule has 1 nitrogen and oxygen atoms in total. The van der Waals surface area contributed by atoms with Crippen molar-refractivity contribution in [3.63, 3.8) is 0 Å². The van der Waals surface area contributed by atoms with Crippen molar-refractivity contribution in [3.8, 4) is 0 Å². The van der Waals surface area contributed by atoms with Crippen LogP contribution in [0.5, 0.6) is 0 Å². The van der Waals surface area contributed by atoms with Gasteiger partial charge in [-0.3, -0.25) is 0 Å². The zero-order valence-corrected chi connectivity index (χ0v) is 11.1. The zero-order valence-electron chi connectivity index (χ0n) is 11.1. The Morgan fingerprint density at radius 2 is 1.56 bits per heavy atom. The van der Waals surface area contributed by atoms with Gasteiger partial charge in [-0.2, -0.15) is 0 Å². The van der Waals surface area contributed by atoms with Crippen LogP contribution in [-0.2, 0) is 5.60 Å². The first-order chi connectivity index (χ1) is 7.27. The Balaban J connectivity index is 3.16. The summed E-state index contributed by atoms with van der Waals surface area (Å²) in [6, 6.07) is 10.0. The molecule has 1 atom stereocenters. The molecule has 0 aromatic heterocycles. The van der Waals surface area contributed by atoms with E-state index in [1.165, 1.54) is 0 Å². The summed E-state index contributed by atoms with van der Waals surface area (Å²) in [7, 11) is 0. The third-order valence-electron chi connectivity index (χ3n) is 3.20. The van der Waals surface area contributed by atoms with Crippen LogP contribution in [0, 0.1) is 11.3 Å². The summed E-state index contributed by atoms with van der Waals surface area (Å²) in [6.45, 7) is 10.6. The summed E-state index contributed by atoms with van der Waals surface area (Å²) in [5.74, 6) is 0.476. The molecule has 0 amide bonds. The molecule has 0 saturated heterocycles. The Labute approximate surface area is 99.5 Å². The molecule has 0 aliphatic heterocycles. The van der Waals surface area contributed by atoms with Gasteiger partial charge in [-0.1, -0.05) is 65.0 Å². The molecular formula is C15H24O. The van der Waals surface area contributed by atoms with Gasteiger partial charge in [0, 0.05) is 0 Å². The largest absolute Gasteiger partial charge is 0.385 e. The molecule has 90 valence electrons. The van der Waals surface area contributed by atoms with Crippen LogP contribution in [0.2, 0.25) is 0 Å². The average molecular weight is 220 g/mol. The molecule has 0 heterocycles. The van der Waals surface area contributed by atoms with Gasteiger partial charge in [0.05, 0.1) is 5.60 Å². The molecule has 1 aromatic rings. The molecule has 1 aromatic carbocycles. The number of benzene rings is 1. The van der Waals surface area contributed by atoms with Crippen LogP contribution in [0.4, 0.5) is 0 Å². The van der Waals surface area contributed by atoms with Gasteiger partial charge in [-0.05, 0) is 23.3 Å². The van der Waals surface area contributed by atoms with Crippen molar-refractivity contribution in [2.24, 2.45) is 11.3 Å². The Morgan fingerprint density at radius 1 is 1.06 bits per heavy atom. The van der Waals surface area contributed by atoms with E-state index < -0.39 is 5.60 Å². The first-order valence-electron chi connectivity index (χ1n) is 6.05. The predicted octanol–water partition coefficient (Wildman–Crippen LogP) is 3.97. The number of hydrogen-bond donors (Lipinski definition) is 1. The third-order valence-corrected chi connectivity index (χ3v) is 3.20. The highest BCUT2D eigenvalue weighted by Gasteiger charge is 2.41. The van der Waals surface area contributed by atoms with Crippen molar-refractivity contribution >= 4 is 0 Å². The van der Waals surface area contributed by atoms with E-state index in [-0.39, 0.29) is 5.41 Å². The molecular weight excluding hydrogens is 196 g/mol. The van der Waals surface area contributed by atoms with E-state index in [0.29, 0.717) is 5.92 Å². The maximum absolute atomic E-state index is 11.0. The summed E-state index contributed by atoms with van der Waals surface area (Å²) in [6.07, 6.45) is 0.792. The smallest absolute Gasteiger partial charge is 0.0946 e. The van der Waals surface area contributed by atoms with E-state index >= 15 is 0 Å². The molecule has 0 fully saturated rings. The molecule has 0 spiro atoms. The van der Waals surface area contributed by atoms with Gasteiger partial charge >= 0.3 is 0 Å². The Kier molecular flexibility index (Phi) is 3.80. The molecule has 1 heteroatoms. The summed E-state index contributed by atoms with van der Waals surface area (Å²) >= 11 is 0. The van der Waals surface area contributed by atoms with E-state index in [4.69, 9.17) is 0 Å². The summed E-state index contributed by atoms with van der Waals surface area (Å²) < 4.78 is 0.